The van der Waals surface area contributed by atoms with E-state index in [1.165, 1.54) is 0 Å². The largest absolute Gasteiger partial charge is 0.481 e. The molecular weight excluding hydrogens is 238 g/mol. The van der Waals surface area contributed by atoms with E-state index in [-0.39, 0.29) is 0 Å². The molecule has 0 aliphatic heterocycles. The Hall–Kier alpha value is -1.81. The molecule has 0 saturated carbocycles. The van der Waals surface area contributed by atoms with Gasteiger partial charge in [0.25, 0.3) is 0 Å². The van der Waals surface area contributed by atoms with Gasteiger partial charge in [-0.1, -0.05) is 17.7 Å². The number of hydrogen-bond acceptors (Lipinski definition) is 4. The summed E-state index contributed by atoms with van der Waals surface area (Å²) in [6, 6.07) is 7.41. The number of nitrogens with zero attached hydrogens (tertiary/aromatic N) is 2. The van der Waals surface area contributed by atoms with Gasteiger partial charge in [0, 0.05) is 25.0 Å². The lowest BCUT2D eigenvalue weighted by Gasteiger charge is -2.05. The first-order valence-electron chi connectivity index (χ1n) is 5.12. The van der Waals surface area contributed by atoms with Crippen LogP contribution in [0, 0.1) is 0 Å². The quantitative estimate of drug-likeness (QED) is 0.905. The summed E-state index contributed by atoms with van der Waals surface area (Å²) < 4.78 is 4.99. The third-order valence-electron chi connectivity index (χ3n) is 2.21. The van der Waals surface area contributed by atoms with E-state index in [9.17, 15) is 0 Å². The molecule has 0 aliphatic carbocycles. The van der Waals surface area contributed by atoms with E-state index >= 15 is 0 Å². The molecule has 0 saturated heterocycles. The van der Waals surface area contributed by atoms with Gasteiger partial charge in [-0.15, -0.1) is 0 Å². The molecule has 17 heavy (non-hydrogen) atoms. The van der Waals surface area contributed by atoms with Crippen LogP contribution in [0.2, 0.25) is 5.02 Å². The minimum atomic E-state index is 0.610. The lowest BCUT2D eigenvalue weighted by Crippen LogP contribution is -2.01. The van der Waals surface area contributed by atoms with Crippen molar-refractivity contribution in [2.45, 2.75) is 6.54 Å². The molecule has 0 bridgehead atoms. The molecule has 0 fully saturated rings. The van der Waals surface area contributed by atoms with Crippen LogP contribution in [0.25, 0.3) is 0 Å². The zero-order chi connectivity index (χ0) is 12.1. The summed E-state index contributed by atoms with van der Waals surface area (Å²) in [5, 5.41) is 3.80. The molecule has 0 unspecified atom stereocenters. The van der Waals surface area contributed by atoms with Gasteiger partial charge >= 0.3 is 0 Å². The number of ether oxygens (including phenoxy) is 1. The van der Waals surface area contributed by atoms with Crippen molar-refractivity contribution in [1.29, 1.82) is 0 Å². The van der Waals surface area contributed by atoms with Gasteiger partial charge in [-0.25, -0.2) is 9.97 Å². The first-order chi connectivity index (χ1) is 8.28. The maximum absolute atomic E-state index is 5.75. The molecule has 0 aliphatic rings. The maximum Gasteiger partial charge on any atom is 0.212 e. The molecule has 5 heteroatoms. The second-order valence-corrected chi connectivity index (χ2v) is 3.86. The zero-order valence-corrected chi connectivity index (χ0v) is 10.1. The normalized spacial score (nSPS) is 10.0. The summed E-state index contributed by atoms with van der Waals surface area (Å²) in [5.74, 6) is 1.39. The number of halogens is 1. The van der Waals surface area contributed by atoms with E-state index in [0.717, 1.165) is 11.4 Å². The summed E-state index contributed by atoms with van der Waals surface area (Å²) in [6.45, 7) is 0.658. The highest BCUT2D eigenvalue weighted by molar-refractivity contribution is 6.30. The fourth-order valence-electron chi connectivity index (χ4n) is 1.31. The van der Waals surface area contributed by atoms with Crippen LogP contribution in [0.3, 0.4) is 0 Å². The van der Waals surface area contributed by atoms with Crippen molar-refractivity contribution in [3.05, 3.63) is 47.2 Å². The summed E-state index contributed by atoms with van der Waals surface area (Å²) in [4.78, 5) is 8.26. The summed E-state index contributed by atoms with van der Waals surface area (Å²) >= 11 is 5.75. The van der Waals surface area contributed by atoms with E-state index < -0.39 is 0 Å². The first-order valence-corrected chi connectivity index (χ1v) is 5.50. The van der Waals surface area contributed by atoms with E-state index in [1.807, 2.05) is 18.2 Å². The third kappa shape index (κ3) is 3.32. The van der Waals surface area contributed by atoms with Crippen LogP contribution in [0.1, 0.15) is 5.56 Å². The Morgan fingerprint density at radius 1 is 1.18 bits per heavy atom. The lowest BCUT2D eigenvalue weighted by molar-refractivity contribution is 0.397. The molecule has 4 nitrogen and oxygen atoms in total. The molecule has 0 radical (unpaired) electrons. The molecule has 0 atom stereocenters. The van der Waals surface area contributed by atoms with Crippen LogP contribution in [0.15, 0.2) is 36.7 Å². The van der Waals surface area contributed by atoms with Crippen molar-refractivity contribution >= 4 is 17.4 Å². The van der Waals surface area contributed by atoms with Gasteiger partial charge in [-0.2, -0.15) is 0 Å². The number of methoxy groups -OCH3 is 1. The monoisotopic (exact) mass is 249 g/mol. The molecule has 2 aromatic heterocycles. The fourth-order valence-corrected chi connectivity index (χ4v) is 1.42. The van der Waals surface area contributed by atoms with Crippen LogP contribution < -0.4 is 10.1 Å². The minimum Gasteiger partial charge on any atom is -0.481 e. The summed E-state index contributed by atoms with van der Waals surface area (Å²) in [5.41, 5.74) is 1.06. The lowest BCUT2D eigenvalue weighted by atomic mass is 10.3. The molecule has 2 heterocycles. The number of pyridine rings is 2. The average molecular weight is 250 g/mol. The van der Waals surface area contributed by atoms with E-state index in [1.54, 1.807) is 25.6 Å². The fraction of sp³-hybridized carbons (Fsp3) is 0.167. The standard InChI is InChI=1S/C12H12ClN3O/c1-17-12-5-2-9(7-16-12)6-14-11-4-3-10(13)8-15-11/h2-5,7-8H,6H2,1H3,(H,14,15). The van der Waals surface area contributed by atoms with Crippen molar-refractivity contribution in [3.8, 4) is 5.88 Å². The van der Waals surface area contributed by atoms with E-state index in [4.69, 9.17) is 16.3 Å². The maximum atomic E-state index is 5.75. The Bertz CT molecular complexity index is 470. The van der Waals surface area contributed by atoms with Crippen molar-refractivity contribution in [1.82, 2.24) is 9.97 Å². The molecule has 0 amide bonds. The van der Waals surface area contributed by atoms with Gasteiger partial charge < -0.3 is 10.1 Å². The second kappa shape index (κ2) is 5.50. The van der Waals surface area contributed by atoms with Gasteiger partial charge in [-0.3, -0.25) is 0 Å². The van der Waals surface area contributed by atoms with Crippen molar-refractivity contribution in [3.63, 3.8) is 0 Å². The number of rotatable bonds is 4. The van der Waals surface area contributed by atoms with Crippen LogP contribution >= 0.6 is 11.6 Å². The number of aromatic nitrogens is 2. The average Bonchev–Trinajstić information content (AvgIpc) is 2.39. The Labute approximate surface area is 105 Å². The van der Waals surface area contributed by atoms with Crippen LogP contribution in [0.4, 0.5) is 5.82 Å². The molecule has 1 N–H and O–H groups in total. The highest BCUT2D eigenvalue weighted by Crippen LogP contribution is 2.11. The minimum absolute atomic E-state index is 0.610. The van der Waals surface area contributed by atoms with Gasteiger partial charge in [0.15, 0.2) is 0 Å². The summed E-state index contributed by atoms with van der Waals surface area (Å²) in [6.07, 6.45) is 3.37. The first kappa shape index (κ1) is 11.7. The Morgan fingerprint density at radius 3 is 2.65 bits per heavy atom. The third-order valence-corrected chi connectivity index (χ3v) is 2.43. The SMILES string of the molecule is COc1ccc(CNc2ccc(Cl)cn2)cn1. The van der Waals surface area contributed by atoms with Gasteiger partial charge in [0.2, 0.25) is 5.88 Å². The predicted molar refractivity (Wildman–Crippen MR) is 67.4 cm³/mol. The van der Waals surface area contributed by atoms with Gasteiger partial charge in [-0.05, 0) is 17.7 Å². The van der Waals surface area contributed by atoms with Crippen LogP contribution in [-0.2, 0) is 6.54 Å². The van der Waals surface area contributed by atoms with Crippen LogP contribution in [-0.4, -0.2) is 17.1 Å². The van der Waals surface area contributed by atoms with Gasteiger partial charge in [0.1, 0.15) is 5.82 Å². The second-order valence-electron chi connectivity index (χ2n) is 3.42. The zero-order valence-electron chi connectivity index (χ0n) is 9.35. The number of hydrogen-bond donors (Lipinski definition) is 1. The topological polar surface area (TPSA) is 47.0 Å². The Kier molecular flexibility index (Phi) is 3.77. The molecule has 2 aromatic rings. The van der Waals surface area contributed by atoms with Gasteiger partial charge in [0.05, 0.1) is 12.1 Å². The Morgan fingerprint density at radius 2 is 2.06 bits per heavy atom. The van der Waals surface area contributed by atoms with Crippen molar-refractivity contribution < 1.29 is 4.74 Å². The molecule has 2 rings (SSSR count). The highest BCUT2D eigenvalue weighted by Gasteiger charge is 1.97. The summed E-state index contributed by atoms with van der Waals surface area (Å²) in [7, 11) is 1.60. The molecule has 0 spiro atoms. The van der Waals surface area contributed by atoms with Crippen LogP contribution in [0.5, 0.6) is 5.88 Å². The van der Waals surface area contributed by atoms with Crippen molar-refractivity contribution in [2.24, 2.45) is 0 Å². The predicted octanol–water partition coefficient (Wildman–Crippen LogP) is 2.75. The Balaban J connectivity index is 1.95. The van der Waals surface area contributed by atoms with E-state index in [0.29, 0.717) is 17.4 Å². The number of anilines is 1. The van der Waals surface area contributed by atoms with Crippen molar-refractivity contribution in [2.75, 3.05) is 12.4 Å². The number of nitrogens with one attached hydrogen (secondary N) is 1. The molecule has 0 aromatic carbocycles. The molecular formula is C12H12ClN3O. The van der Waals surface area contributed by atoms with E-state index in [2.05, 4.69) is 15.3 Å². The molecule has 88 valence electrons. The highest BCUT2D eigenvalue weighted by atomic mass is 35.5. The smallest absolute Gasteiger partial charge is 0.212 e.